The number of hydrogen-bond acceptors (Lipinski definition) is 3. The first kappa shape index (κ1) is 18.1. The van der Waals surface area contributed by atoms with Crippen molar-refractivity contribution in [3.8, 4) is 0 Å². The van der Waals surface area contributed by atoms with E-state index in [2.05, 4.69) is 18.8 Å². The highest BCUT2D eigenvalue weighted by Crippen LogP contribution is 2.15. The Hall–Kier alpha value is -1.91. The van der Waals surface area contributed by atoms with Crippen LogP contribution in [0.5, 0.6) is 0 Å². The van der Waals surface area contributed by atoms with E-state index in [1.807, 2.05) is 0 Å². The molecule has 0 saturated carbocycles. The molecular weight excluding hydrogens is 282 g/mol. The van der Waals surface area contributed by atoms with Crippen molar-refractivity contribution in [2.24, 2.45) is 5.92 Å². The third-order valence-corrected chi connectivity index (χ3v) is 3.64. The molecule has 0 saturated heterocycles. The topological polar surface area (TPSA) is 87.5 Å². The van der Waals surface area contributed by atoms with Crippen molar-refractivity contribution < 1.29 is 19.8 Å². The highest BCUT2D eigenvalue weighted by atomic mass is 16.4. The first-order valence-corrected chi connectivity index (χ1v) is 7.87. The lowest BCUT2D eigenvalue weighted by molar-refractivity contribution is 0.0695. The van der Waals surface area contributed by atoms with Gasteiger partial charge in [0.1, 0.15) is 0 Å². The fourth-order valence-corrected chi connectivity index (χ4v) is 2.37. The van der Waals surface area contributed by atoms with Gasteiger partial charge in [0.2, 0.25) is 0 Å². The second kappa shape index (κ2) is 9.18. The molecule has 1 heterocycles. The molecule has 0 radical (unpaired) electrons. The van der Waals surface area contributed by atoms with Crippen molar-refractivity contribution in [3.63, 3.8) is 0 Å². The van der Waals surface area contributed by atoms with Crippen LogP contribution in [-0.2, 0) is 6.42 Å². The first-order chi connectivity index (χ1) is 10.4. The molecule has 0 atom stereocenters. The van der Waals surface area contributed by atoms with Crippen LogP contribution in [0.25, 0.3) is 0 Å². The molecule has 0 fully saturated rings. The van der Waals surface area contributed by atoms with Crippen LogP contribution >= 0.6 is 0 Å². The Kier molecular flexibility index (Phi) is 7.57. The molecule has 1 aromatic heterocycles. The molecule has 5 nitrogen and oxygen atoms in total. The molecule has 0 bridgehead atoms. The van der Waals surface area contributed by atoms with Gasteiger partial charge < -0.3 is 10.2 Å². The number of aryl methyl sites for hydroxylation is 1. The van der Waals surface area contributed by atoms with E-state index in [4.69, 9.17) is 10.2 Å². The fourth-order valence-electron chi connectivity index (χ4n) is 2.37. The van der Waals surface area contributed by atoms with Gasteiger partial charge in [-0.2, -0.15) is 0 Å². The summed E-state index contributed by atoms with van der Waals surface area (Å²) in [5, 5.41) is 18.0. The van der Waals surface area contributed by atoms with E-state index in [0.717, 1.165) is 25.2 Å². The van der Waals surface area contributed by atoms with Gasteiger partial charge in [-0.1, -0.05) is 46.0 Å². The summed E-state index contributed by atoms with van der Waals surface area (Å²) in [5.41, 5.74) is 0.384. The van der Waals surface area contributed by atoms with E-state index in [-0.39, 0.29) is 11.1 Å². The van der Waals surface area contributed by atoms with Gasteiger partial charge in [0, 0.05) is 6.20 Å². The second-order valence-corrected chi connectivity index (χ2v) is 6.03. The van der Waals surface area contributed by atoms with Gasteiger partial charge >= 0.3 is 11.9 Å². The normalized spacial score (nSPS) is 10.9. The summed E-state index contributed by atoms with van der Waals surface area (Å²) in [6.45, 7) is 4.44. The maximum Gasteiger partial charge on any atom is 0.337 e. The number of nitrogens with zero attached hydrogens (tertiary/aromatic N) is 1. The van der Waals surface area contributed by atoms with E-state index in [0.29, 0.717) is 12.1 Å². The van der Waals surface area contributed by atoms with E-state index in [1.54, 1.807) is 0 Å². The highest BCUT2D eigenvalue weighted by molar-refractivity contribution is 5.94. The molecule has 0 aliphatic rings. The van der Waals surface area contributed by atoms with Gasteiger partial charge in [0.05, 0.1) is 16.8 Å². The van der Waals surface area contributed by atoms with Crippen LogP contribution in [0, 0.1) is 5.92 Å². The molecular formula is C17H25NO4. The van der Waals surface area contributed by atoms with E-state index >= 15 is 0 Å². The van der Waals surface area contributed by atoms with Gasteiger partial charge in [-0.05, 0) is 24.8 Å². The SMILES string of the molecule is CC(C)CCCCCCCc1ncc(C(=O)O)cc1C(=O)O. The summed E-state index contributed by atoms with van der Waals surface area (Å²) < 4.78 is 0. The average molecular weight is 307 g/mol. The lowest BCUT2D eigenvalue weighted by Crippen LogP contribution is -2.08. The lowest BCUT2D eigenvalue weighted by Gasteiger charge is -2.07. The zero-order valence-corrected chi connectivity index (χ0v) is 13.3. The molecule has 0 aromatic carbocycles. The van der Waals surface area contributed by atoms with Crippen molar-refractivity contribution in [3.05, 3.63) is 29.1 Å². The highest BCUT2D eigenvalue weighted by Gasteiger charge is 2.15. The molecule has 2 N–H and O–H groups in total. The maximum absolute atomic E-state index is 11.2. The largest absolute Gasteiger partial charge is 0.478 e. The maximum atomic E-state index is 11.2. The Labute approximate surface area is 131 Å². The van der Waals surface area contributed by atoms with Gasteiger partial charge in [-0.25, -0.2) is 9.59 Å². The third kappa shape index (κ3) is 6.24. The number of unbranched alkanes of at least 4 members (excludes halogenated alkanes) is 4. The van der Waals surface area contributed by atoms with Gasteiger partial charge in [0.25, 0.3) is 0 Å². The van der Waals surface area contributed by atoms with Crippen LogP contribution in [-0.4, -0.2) is 27.1 Å². The summed E-state index contributed by atoms with van der Waals surface area (Å²) >= 11 is 0. The summed E-state index contributed by atoms with van der Waals surface area (Å²) in [7, 11) is 0. The summed E-state index contributed by atoms with van der Waals surface area (Å²) in [6.07, 6.45) is 8.56. The summed E-state index contributed by atoms with van der Waals surface area (Å²) in [6, 6.07) is 1.19. The minimum atomic E-state index is -1.16. The van der Waals surface area contributed by atoms with Crippen LogP contribution in [0.2, 0.25) is 0 Å². The Morgan fingerprint density at radius 2 is 1.68 bits per heavy atom. The Morgan fingerprint density at radius 3 is 2.27 bits per heavy atom. The molecule has 0 spiro atoms. The average Bonchev–Trinajstić information content (AvgIpc) is 2.45. The lowest BCUT2D eigenvalue weighted by atomic mass is 10.0. The molecule has 0 aliphatic carbocycles. The number of pyridine rings is 1. The molecule has 0 amide bonds. The Bertz CT molecular complexity index is 511. The van der Waals surface area contributed by atoms with Crippen molar-refractivity contribution in [1.29, 1.82) is 0 Å². The predicted octanol–water partition coefficient (Wildman–Crippen LogP) is 4.02. The number of aromatic carboxylic acids is 2. The molecule has 22 heavy (non-hydrogen) atoms. The van der Waals surface area contributed by atoms with E-state index in [1.165, 1.54) is 31.5 Å². The fraction of sp³-hybridized carbons (Fsp3) is 0.588. The van der Waals surface area contributed by atoms with Crippen LogP contribution < -0.4 is 0 Å². The number of aromatic nitrogens is 1. The van der Waals surface area contributed by atoms with Crippen LogP contribution in [0.1, 0.15) is 78.8 Å². The zero-order chi connectivity index (χ0) is 16.5. The van der Waals surface area contributed by atoms with Crippen molar-refractivity contribution >= 4 is 11.9 Å². The van der Waals surface area contributed by atoms with Crippen LogP contribution in [0.4, 0.5) is 0 Å². The monoisotopic (exact) mass is 307 g/mol. The minimum absolute atomic E-state index is 0.000271. The number of carboxylic acid groups (broad SMARTS) is 2. The number of rotatable bonds is 10. The van der Waals surface area contributed by atoms with Crippen molar-refractivity contribution in [2.75, 3.05) is 0 Å². The molecule has 122 valence electrons. The number of carboxylic acids is 2. The predicted molar refractivity (Wildman–Crippen MR) is 84.4 cm³/mol. The summed E-state index contributed by atoms with van der Waals surface area (Å²) in [4.78, 5) is 26.1. The van der Waals surface area contributed by atoms with Gasteiger partial charge in [-0.15, -0.1) is 0 Å². The van der Waals surface area contributed by atoms with Gasteiger partial charge in [0.15, 0.2) is 0 Å². The quantitative estimate of drug-likeness (QED) is 0.637. The van der Waals surface area contributed by atoms with Crippen molar-refractivity contribution in [2.45, 2.75) is 58.8 Å². The zero-order valence-electron chi connectivity index (χ0n) is 13.3. The Morgan fingerprint density at radius 1 is 1.05 bits per heavy atom. The molecule has 1 aromatic rings. The van der Waals surface area contributed by atoms with Crippen molar-refractivity contribution in [1.82, 2.24) is 4.98 Å². The molecule has 0 aliphatic heterocycles. The number of hydrogen-bond donors (Lipinski definition) is 2. The van der Waals surface area contributed by atoms with E-state index < -0.39 is 11.9 Å². The molecule has 5 heteroatoms. The van der Waals surface area contributed by atoms with E-state index in [9.17, 15) is 9.59 Å². The smallest absolute Gasteiger partial charge is 0.337 e. The first-order valence-electron chi connectivity index (χ1n) is 7.87. The van der Waals surface area contributed by atoms with Gasteiger partial charge in [-0.3, -0.25) is 4.98 Å². The number of carbonyl (C=O) groups is 2. The van der Waals surface area contributed by atoms with Crippen LogP contribution in [0.3, 0.4) is 0 Å². The summed E-state index contributed by atoms with van der Waals surface area (Å²) in [5.74, 6) is -1.54. The standard InChI is InChI=1S/C17H25NO4/c1-12(2)8-6-4-3-5-7-9-15-14(17(21)22)10-13(11-18-15)16(19)20/h10-12H,3-9H2,1-2H3,(H,19,20)(H,21,22). The molecule has 1 rings (SSSR count). The second-order valence-electron chi connectivity index (χ2n) is 6.03. The van der Waals surface area contributed by atoms with Crippen LogP contribution in [0.15, 0.2) is 12.3 Å². The molecule has 0 unspecified atom stereocenters. The third-order valence-electron chi connectivity index (χ3n) is 3.64. The minimum Gasteiger partial charge on any atom is -0.478 e. The Balaban J connectivity index is 2.45.